The Labute approximate surface area is 146 Å². The summed E-state index contributed by atoms with van der Waals surface area (Å²) >= 11 is 0. The first-order valence-corrected chi connectivity index (χ1v) is 7.68. The third kappa shape index (κ3) is 3.20. The van der Waals surface area contributed by atoms with E-state index >= 15 is 0 Å². The number of hydrogen-bond donors (Lipinski definition) is 2. The molecule has 0 aliphatic carbocycles. The molecule has 0 saturated carbocycles. The summed E-state index contributed by atoms with van der Waals surface area (Å²) < 4.78 is 58.4. The smallest absolute Gasteiger partial charge is 0.423 e. The molecular weight excluding hydrogens is 353 g/mol. The minimum atomic E-state index is -4.87. The van der Waals surface area contributed by atoms with E-state index in [1.54, 1.807) is 19.9 Å². The summed E-state index contributed by atoms with van der Waals surface area (Å²) in [6.45, 7) is 3.49. The largest absolute Gasteiger partial charge is 0.492 e. The number of alkyl halides is 3. The van der Waals surface area contributed by atoms with Gasteiger partial charge in [0.25, 0.3) is 5.91 Å². The molecule has 0 spiro atoms. The maximum Gasteiger partial charge on any atom is 0.492 e. The Kier molecular flexibility index (Phi) is 4.32. The summed E-state index contributed by atoms with van der Waals surface area (Å²) in [6, 6.07) is 6.75. The van der Waals surface area contributed by atoms with E-state index in [9.17, 15) is 27.4 Å². The molecule has 4 nitrogen and oxygen atoms in total. The van der Waals surface area contributed by atoms with Crippen molar-refractivity contribution in [3.05, 3.63) is 58.9 Å². The van der Waals surface area contributed by atoms with E-state index in [0.29, 0.717) is 17.1 Å². The number of carbonyl (C=O) groups excluding carboxylic acids is 1. The van der Waals surface area contributed by atoms with Gasteiger partial charge in [-0.05, 0) is 49.1 Å². The predicted octanol–water partition coefficient (Wildman–Crippen LogP) is 3.05. The molecule has 136 valence electrons. The molecule has 0 unspecified atom stereocenters. The lowest BCUT2D eigenvalue weighted by Gasteiger charge is -2.19. The van der Waals surface area contributed by atoms with Crippen molar-refractivity contribution in [2.75, 3.05) is 5.32 Å². The summed E-state index contributed by atoms with van der Waals surface area (Å²) in [5.74, 6) is -2.51. The number of anilines is 1. The number of nitrogens with one attached hydrogen (secondary N) is 1. The molecule has 2 aromatic carbocycles. The molecule has 3 rings (SSSR count). The quantitative estimate of drug-likeness (QED) is 0.634. The molecule has 26 heavy (non-hydrogen) atoms. The fourth-order valence-electron chi connectivity index (χ4n) is 2.98. The molecule has 2 aromatic rings. The fraction of sp³-hybridized carbons (Fsp3) is 0.235. The number of amides is 1. The second-order valence-electron chi connectivity index (χ2n) is 6.40. The van der Waals surface area contributed by atoms with Gasteiger partial charge in [-0.25, -0.2) is 4.39 Å². The number of rotatable bonds is 2. The molecule has 1 aliphatic rings. The molecule has 9 heteroatoms. The van der Waals surface area contributed by atoms with Crippen molar-refractivity contribution in [1.29, 1.82) is 0 Å². The average Bonchev–Trinajstić information content (AvgIpc) is 2.75. The number of fused-ring (bicyclic) bond motifs is 1. The van der Waals surface area contributed by atoms with Crippen molar-refractivity contribution < 1.29 is 32.0 Å². The van der Waals surface area contributed by atoms with E-state index in [0.717, 1.165) is 12.1 Å². The van der Waals surface area contributed by atoms with E-state index in [1.807, 2.05) is 0 Å². The van der Waals surface area contributed by atoms with Crippen LogP contribution in [-0.4, -0.2) is 18.0 Å². The highest BCUT2D eigenvalue weighted by Gasteiger charge is 2.41. The molecule has 2 N–H and O–H groups in total. The third-order valence-electron chi connectivity index (χ3n) is 4.18. The Morgan fingerprint density at radius 2 is 1.92 bits per heavy atom. The first-order valence-electron chi connectivity index (χ1n) is 7.68. The van der Waals surface area contributed by atoms with Crippen LogP contribution in [-0.2, 0) is 16.4 Å². The predicted molar refractivity (Wildman–Crippen MR) is 87.5 cm³/mol. The topological polar surface area (TPSA) is 58.6 Å². The van der Waals surface area contributed by atoms with Gasteiger partial charge in [-0.15, -0.1) is 0 Å². The van der Waals surface area contributed by atoms with E-state index in [1.165, 1.54) is 12.1 Å². The number of benzene rings is 2. The van der Waals surface area contributed by atoms with E-state index in [2.05, 4.69) is 5.32 Å². The molecule has 0 atom stereocenters. The standard InChI is InChI=1S/C17H14BF4NO3/c1-16(2)10-7-6-9(8-12(10)18(25)26-16)23-15(24)14-11(17(20,21)22)4-3-5-13(14)19/h3-8,25H,1-2H3,(H,23,24). The van der Waals surface area contributed by atoms with Gasteiger partial charge in [0.15, 0.2) is 0 Å². The summed E-state index contributed by atoms with van der Waals surface area (Å²) in [7, 11) is -1.23. The zero-order chi connectivity index (χ0) is 19.3. The fourth-order valence-corrected chi connectivity index (χ4v) is 2.98. The van der Waals surface area contributed by atoms with Gasteiger partial charge in [-0.2, -0.15) is 13.2 Å². The highest BCUT2D eigenvalue weighted by molar-refractivity contribution is 6.62. The van der Waals surface area contributed by atoms with E-state index in [-0.39, 0.29) is 5.69 Å². The summed E-state index contributed by atoms with van der Waals surface area (Å²) in [4.78, 5) is 12.3. The van der Waals surface area contributed by atoms with Crippen molar-refractivity contribution in [1.82, 2.24) is 0 Å². The second-order valence-corrected chi connectivity index (χ2v) is 6.40. The lowest BCUT2D eigenvalue weighted by Crippen LogP contribution is -2.29. The van der Waals surface area contributed by atoms with Gasteiger partial charge in [-0.3, -0.25) is 4.79 Å². The van der Waals surface area contributed by atoms with Gasteiger partial charge >= 0.3 is 13.3 Å². The molecule has 0 radical (unpaired) electrons. The monoisotopic (exact) mass is 367 g/mol. The van der Waals surface area contributed by atoms with Gasteiger partial charge in [-0.1, -0.05) is 12.1 Å². The molecule has 0 fully saturated rings. The SMILES string of the molecule is CC1(C)OB(O)c2cc(NC(=O)c3c(F)cccc3C(F)(F)F)ccc21. The zero-order valence-corrected chi connectivity index (χ0v) is 13.8. The van der Waals surface area contributed by atoms with Gasteiger partial charge in [0.1, 0.15) is 5.82 Å². The highest BCUT2D eigenvalue weighted by Crippen LogP contribution is 2.34. The Balaban J connectivity index is 1.95. The van der Waals surface area contributed by atoms with Crippen molar-refractivity contribution in [3.8, 4) is 0 Å². The molecule has 0 saturated heterocycles. The summed E-state index contributed by atoms with van der Waals surface area (Å²) in [5.41, 5.74) is -2.00. The first-order chi connectivity index (χ1) is 12.0. The first kappa shape index (κ1) is 18.4. The van der Waals surface area contributed by atoms with Crippen LogP contribution in [0.5, 0.6) is 0 Å². The molecule has 1 aliphatic heterocycles. The Morgan fingerprint density at radius 3 is 2.58 bits per heavy atom. The number of carbonyl (C=O) groups is 1. The van der Waals surface area contributed by atoms with Gasteiger partial charge in [0, 0.05) is 5.69 Å². The van der Waals surface area contributed by atoms with Gasteiger partial charge < -0.3 is 15.0 Å². The van der Waals surface area contributed by atoms with Crippen molar-refractivity contribution in [2.24, 2.45) is 0 Å². The lowest BCUT2D eigenvalue weighted by molar-refractivity contribution is -0.138. The van der Waals surface area contributed by atoms with Gasteiger partial charge in [0.2, 0.25) is 0 Å². The van der Waals surface area contributed by atoms with Crippen molar-refractivity contribution in [2.45, 2.75) is 25.6 Å². The Morgan fingerprint density at radius 1 is 1.23 bits per heavy atom. The van der Waals surface area contributed by atoms with E-state index < -0.39 is 41.7 Å². The maximum atomic E-state index is 13.9. The van der Waals surface area contributed by atoms with Crippen LogP contribution in [0.4, 0.5) is 23.2 Å². The number of hydrogen-bond acceptors (Lipinski definition) is 3. The van der Waals surface area contributed by atoms with Crippen LogP contribution in [0.15, 0.2) is 36.4 Å². The number of halogens is 4. The van der Waals surface area contributed by atoms with Gasteiger partial charge in [0.05, 0.1) is 16.7 Å². The summed E-state index contributed by atoms with van der Waals surface area (Å²) in [6.07, 6.45) is -4.87. The second kappa shape index (κ2) is 6.10. The Hall–Kier alpha value is -2.39. The van der Waals surface area contributed by atoms with Crippen molar-refractivity contribution in [3.63, 3.8) is 0 Å². The van der Waals surface area contributed by atoms with Crippen LogP contribution in [0, 0.1) is 5.82 Å². The van der Waals surface area contributed by atoms with E-state index in [4.69, 9.17) is 4.65 Å². The molecule has 0 aromatic heterocycles. The van der Waals surface area contributed by atoms with Crippen LogP contribution in [0.3, 0.4) is 0 Å². The summed E-state index contributed by atoms with van der Waals surface area (Å²) in [5, 5.41) is 12.2. The average molecular weight is 367 g/mol. The normalized spacial score (nSPS) is 15.7. The molecule has 1 heterocycles. The highest BCUT2D eigenvalue weighted by atomic mass is 19.4. The van der Waals surface area contributed by atoms with Crippen LogP contribution < -0.4 is 10.8 Å². The minimum Gasteiger partial charge on any atom is -0.423 e. The maximum absolute atomic E-state index is 13.9. The lowest BCUT2D eigenvalue weighted by atomic mass is 9.78. The molecule has 0 bridgehead atoms. The minimum absolute atomic E-state index is 0.116. The van der Waals surface area contributed by atoms with Crippen LogP contribution in [0.25, 0.3) is 0 Å². The molecule has 1 amide bonds. The van der Waals surface area contributed by atoms with Crippen LogP contribution >= 0.6 is 0 Å². The van der Waals surface area contributed by atoms with Crippen molar-refractivity contribution >= 4 is 24.2 Å². The van der Waals surface area contributed by atoms with Crippen LogP contribution in [0.2, 0.25) is 0 Å². The Bertz CT molecular complexity index is 883. The zero-order valence-electron chi connectivity index (χ0n) is 13.8. The molecular formula is C17H14BF4NO3. The van der Waals surface area contributed by atoms with Crippen LogP contribution in [0.1, 0.15) is 35.3 Å². The third-order valence-corrected chi connectivity index (χ3v) is 4.18.